The van der Waals surface area contributed by atoms with Gasteiger partial charge in [0.05, 0.1) is 10.9 Å². The summed E-state index contributed by atoms with van der Waals surface area (Å²) in [6.07, 6.45) is 0. The molecule has 2 aromatic rings. The molecule has 0 bridgehead atoms. The van der Waals surface area contributed by atoms with Gasteiger partial charge in [-0.05, 0) is 57.0 Å². The molecule has 0 spiro atoms. The summed E-state index contributed by atoms with van der Waals surface area (Å²) in [7, 11) is 0. The van der Waals surface area contributed by atoms with Gasteiger partial charge in [0, 0.05) is 5.69 Å². The number of carbonyl (C=O) groups excluding carboxylic acids is 2. The molecule has 1 N–H and O–H groups in total. The molecule has 0 radical (unpaired) electrons. The normalized spacial score (nSPS) is 14.9. The third-order valence-electron chi connectivity index (χ3n) is 4.38. The lowest BCUT2D eigenvalue weighted by molar-refractivity contribution is -0.116. The predicted octanol–water partition coefficient (Wildman–Crippen LogP) is 4.07. The number of hydrogen-bond donors (Lipinski definition) is 1. The molecule has 6 heteroatoms. The van der Waals surface area contributed by atoms with E-state index in [0.29, 0.717) is 5.17 Å². The first-order chi connectivity index (χ1) is 12.8. The molecule has 2 amide bonds. The maximum absolute atomic E-state index is 12.6. The zero-order valence-corrected chi connectivity index (χ0v) is 16.8. The smallest absolute Gasteiger partial charge is 0.254 e. The molecule has 5 nitrogen and oxygen atoms in total. The molecule has 1 atom stereocenters. The third-order valence-corrected chi connectivity index (χ3v) is 5.47. The zero-order valence-electron chi connectivity index (χ0n) is 15.9. The van der Waals surface area contributed by atoms with Crippen molar-refractivity contribution < 1.29 is 9.59 Å². The minimum Gasteiger partial charge on any atom is -0.325 e. The Morgan fingerprint density at radius 3 is 2.48 bits per heavy atom. The van der Waals surface area contributed by atoms with Gasteiger partial charge in [-0.3, -0.25) is 19.5 Å². The van der Waals surface area contributed by atoms with E-state index >= 15 is 0 Å². The van der Waals surface area contributed by atoms with Crippen LogP contribution in [0.3, 0.4) is 0 Å². The van der Waals surface area contributed by atoms with Crippen molar-refractivity contribution in [3.63, 3.8) is 0 Å². The Morgan fingerprint density at radius 1 is 1.11 bits per heavy atom. The van der Waals surface area contributed by atoms with Gasteiger partial charge >= 0.3 is 0 Å². The Hall–Kier alpha value is -2.60. The zero-order chi connectivity index (χ0) is 19.6. The van der Waals surface area contributed by atoms with Crippen LogP contribution in [0.15, 0.2) is 47.5 Å². The number of aliphatic imine (C=N–C) groups is 1. The average Bonchev–Trinajstić information content (AvgIpc) is 2.99. The summed E-state index contributed by atoms with van der Waals surface area (Å²) in [5, 5.41) is 3.16. The van der Waals surface area contributed by atoms with Crippen LogP contribution in [-0.2, 0) is 9.59 Å². The summed E-state index contributed by atoms with van der Waals surface area (Å²) in [4.78, 5) is 30.9. The molecule has 3 rings (SSSR count). The van der Waals surface area contributed by atoms with E-state index in [1.165, 1.54) is 11.8 Å². The topological polar surface area (TPSA) is 61.8 Å². The van der Waals surface area contributed by atoms with Crippen molar-refractivity contribution >= 4 is 40.1 Å². The van der Waals surface area contributed by atoms with E-state index < -0.39 is 0 Å². The number of aryl methyl sites for hydroxylation is 3. The number of carbonyl (C=O) groups is 2. The Bertz CT molecular complexity index is 906. The highest BCUT2D eigenvalue weighted by atomic mass is 32.2. The quantitative estimate of drug-likeness (QED) is 0.868. The second-order valence-corrected chi connectivity index (χ2v) is 8.04. The highest BCUT2D eigenvalue weighted by Gasteiger charge is 2.30. The molecule has 1 aliphatic rings. The van der Waals surface area contributed by atoms with Crippen molar-refractivity contribution in [1.29, 1.82) is 0 Å². The van der Waals surface area contributed by atoms with Gasteiger partial charge < -0.3 is 5.32 Å². The average molecular weight is 382 g/mol. The SMILES string of the molecule is Cc1ccc(N2C(=O)CN=C2S[C@@H](C)C(=O)Nc2cc(C)ccc2C)cc1. The van der Waals surface area contributed by atoms with Gasteiger partial charge in [-0.1, -0.05) is 41.6 Å². The molecule has 0 unspecified atom stereocenters. The van der Waals surface area contributed by atoms with Crippen LogP contribution in [0, 0.1) is 20.8 Å². The van der Waals surface area contributed by atoms with Crippen LogP contribution in [0.1, 0.15) is 23.6 Å². The summed E-state index contributed by atoms with van der Waals surface area (Å²) >= 11 is 1.30. The fourth-order valence-electron chi connectivity index (χ4n) is 2.74. The van der Waals surface area contributed by atoms with Gasteiger partial charge in [0.2, 0.25) is 5.91 Å². The van der Waals surface area contributed by atoms with E-state index in [-0.39, 0.29) is 23.6 Å². The van der Waals surface area contributed by atoms with Crippen molar-refractivity contribution in [1.82, 2.24) is 0 Å². The van der Waals surface area contributed by atoms with Gasteiger partial charge in [-0.25, -0.2) is 0 Å². The number of rotatable bonds is 4. The molecular weight excluding hydrogens is 358 g/mol. The van der Waals surface area contributed by atoms with Crippen LogP contribution in [0.25, 0.3) is 0 Å². The standard InChI is InChI=1S/C21H23N3O2S/c1-13-6-9-17(10-7-13)24-19(25)12-22-21(24)27-16(4)20(26)23-18-11-14(2)5-8-15(18)3/h5-11,16H,12H2,1-4H3,(H,23,26)/t16-/m0/s1. The van der Waals surface area contributed by atoms with Crippen molar-refractivity contribution in [2.45, 2.75) is 32.9 Å². The Labute approximate surface area is 163 Å². The molecule has 0 aromatic heterocycles. The van der Waals surface area contributed by atoms with E-state index in [4.69, 9.17) is 0 Å². The van der Waals surface area contributed by atoms with E-state index in [2.05, 4.69) is 10.3 Å². The number of anilines is 2. The number of amides is 2. The van der Waals surface area contributed by atoms with Crippen molar-refractivity contribution in [2.24, 2.45) is 4.99 Å². The lowest BCUT2D eigenvalue weighted by Crippen LogP contribution is -2.33. The van der Waals surface area contributed by atoms with E-state index in [1.807, 2.05) is 70.2 Å². The van der Waals surface area contributed by atoms with Crippen LogP contribution in [0.2, 0.25) is 0 Å². The lowest BCUT2D eigenvalue weighted by Gasteiger charge is -2.20. The fraction of sp³-hybridized carbons (Fsp3) is 0.286. The first kappa shape index (κ1) is 19.2. The first-order valence-corrected chi connectivity index (χ1v) is 9.72. The van der Waals surface area contributed by atoms with Crippen LogP contribution in [-0.4, -0.2) is 28.8 Å². The van der Waals surface area contributed by atoms with Gasteiger partial charge in [0.1, 0.15) is 6.54 Å². The summed E-state index contributed by atoms with van der Waals surface area (Å²) in [6.45, 7) is 7.89. The first-order valence-electron chi connectivity index (χ1n) is 8.84. The lowest BCUT2D eigenvalue weighted by atomic mass is 10.1. The molecule has 2 aromatic carbocycles. The van der Waals surface area contributed by atoms with Crippen molar-refractivity contribution in [3.8, 4) is 0 Å². The number of amidine groups is 1. The molecule has 0 aliphatic carbocycles. The van der Waals surface area contributed by atoms with Gasteiger partial charge in [-0.15, -0.1) is 0 Å². The van der Waals surface area contributed by atoms with Gasteiger partial charge in [0.15, 0.2) is 5.17 Å². The van der Waals surface area contributed by atoms with E-state index in [1.54, 1.807) is 4.90 Å². The van der Waals surface area contributed by atoms with Crippen LogP contribution < -0.4 is 10.2 Å². The highest BCUT2D eigenvalue weighted by Crippen LogP contribution is 2.27. The molecule has 1 aliphatic heterocycles. The minimum atomic E-state index is -0.387. The predicted molar refractivity (Wildman–Crippen MR) is 113 cm³/mol. The molecule has 27 heavy (non-hydrogen) atoms. The molecule has 0 saturated carbocycles. The summed E-state index contributed by atoms with van der Waals surface area (Å²) < 4.78 is 0. The molecular formula is C21H23N3O2S. The monoisotopic (exact) mass is 381 g/mol. The van der Waals surface area contributed by atoms with E-state index in [0.717, 1.165) is 28.1 Å². The summed E-state index contributed by atoms with van der Waals surface area (Å²) in [6, 6.07) is 13.7. The Morgan fingerprint density at radius 2 is 1.78 bits per heavy atom. The van der Waals surface area contributed by atoms with Gasteiger partial charge in [-0.2, -0.15) is 0 Å². The number of nitrogens with one attached hydrogen (secondary N) is 1. The van der Waals surface area contributed by atoms with E-state index in [9.17, 15) is 9.59 Å². The minimum absolute atomic E-state index is 0.0801. The Kier molecular flexibility index (Phi) is 5.65. The fourth-order valence-corrected chi connectivity index (χ4v) is 3.67. The maximum atomic E-state index is 12.6. The largest absolute Gasteiger partial charge is 0.325 e. The second-order valence-electron chi connectivity index (χ2n) is 6.73. The molecule has 140 valence electrons. The molecule has 0 saturated heterocycles. The summed E-state index contributed by atoms with van der Waals surface area (Å²) in [5.74, 6) is -0.192. The highest BCUT2D eigenvalue weighted by molar-refractivity contribution is 8.15. The molecule has 1 heterocycles. The van der Waals surface area contributed by atoms with Crippen LogP contribution >= 0.6 is 11.8 Å². The molecule has 0 fully saturated rings. The Balaban J connectivity index is 1.71. The van der Waals surface area contributed by atoms with Crippen LogP contribution in [0.4, 0.5) is 11.4 Å². The van der Waals surface area contributed by atoms with Crippen molar-refractivity contribution in [2.75, 3.05) is 16.8 Å². The number of hydrogen-bond acceptors (Lipinski definition) is 4. The second kappa shape index (κ2) is 7.96. The van der Waals surface area contributed by atoms with Gasteiger partial charge in [0.25, 0.3) is 5.91 Å². The summed E-state index contributed by atoms with van der Waals surface area (Å²) in [5.41, 5.74) is 4.81. The van der Waals surface area contributed by atoms with Crippen LogP contribution in [0.5, 0.6) is 0 Å². The number of nitrogens with zero attached hydrogens (tertiary/aromatic N) is 2. The number of thioether (sulfide) groups is 1. The maximum Gasteiger partial charge on any atom is 0.254 e. The number of benzene rings is 2. The third kappa shape index (κ3) is 4.39. The van der Waals surface area contributed by atoms with Crippen molar-refractivity contribution in [3.05, 3.63) is 59.2 Å².